The first-order valence-corrected chi connectivity index (χ1v) is 14.6. The molecule has 0 aliphatic rings. The number of nitrogens with zero attached hydrogens (tertiary/aromatic N) is 2. The van der Waals surface area contributed by atoms with E-state index >= 15 is 0 Å². The van der Waals surface area contributed by atoms with Crippen LogP contribution in [0.15, 0.2) is 60.7 Å². The van der Waals surface area contributed by atoms with Crippen LogP contribution in [0.1, 0.15) is 32.3 Å². The number of anilines is 1. The van der Waals surface area contributed by atoms with Gasteiger partial charge in [-0.15, -0.1) is 0 Å². The van der Waals surface area contributed by atoms with Crippen LogP contribution in [0.5, 0.6) is 0 Å². The van der Waals surface area contributed by atoms with E-state index in [9.17, 15) is 18.0 Å². The van der Waals surface area contributed by atoms with Crippen LogP contribution in [-0.2, 0) is 26.2 Å². The quantitative estimate of drug-likeness (QED) is 0.323. The first kappa shape index (κ1) is 28.8. The lowest BCUT2D eigenvalue weighted by molar-refractivity contribution is -0.139. The summed E-state index contributed by atoms with van der Waals surface area (Å²) in [4.78, 5) is 28.0. The van der Waals surface area contributed by atoms with Gasteiger partial charge in [0.1, 0.15) is 12.6 Å². The molecule has 0 saturated heterocycles. The van der Waals surface area contributed by atoms with Crippen LogP contribution in [0.2, 0.25) is 10.0 Å². The fraction of sp³-hybridized carbons (Fsp3) is 0.333. The standard InChI is InChI=1S/C27H31Cl2N3O4S/c1-4-5-16-30-27(34)19(2)31(17-22-23(28)13-9-14-24(22)29)26(33)18-32(37(3,35)36)25-15-8-11-20-10-6-7-12-21(20)25/h6-15,19H,4-5,16-18H2,1-3H3,(H,30,34)/t19-/m0/s1. The lowest BCUT2D eigenvalue weighted by atomic mass is 10.1. The summed E-state index contributed by atoms with van der Waals surface area (Å²) in [6.07, 6.45) is 2.75. The number of halogens is 2. The fourth-order valence-corrected chi connectivity index (χ4v) is 5.37. The van der Waals surface area contributed by atoms with Crippen molar-refractivity contribution in [3.8, 4) is 0 Å². The minimum absolute atomic E-state index is 0.0627. The summed E-state index contributed by atoms with van der Waals surface area (Å²) >= 11 is 12.8. The number of carbonyl (C=O) groups excluding carboxylic acids is 2. The van der Waals surface area contributed by atoms with E-state index in [2.05, 4.69) is 5.32 Å². The Morgan fingerprint density at radius 2 is 1.59 bits per heavy atom. The van der Waals surface area contributed by atoms with Crippen molar-refractivity contribution in [3.05, 3.63) is 76.3 Å². The van der Waals surface area contributed by atoms with Crippen LogP contribution in [0.25, 0.3) is 10.8 Å². The largest absolute Gasteiger partial charge is 0.354 e. The van der Waals surface area contributed by atoms with Crippen molar-refractivity contribution in [1.82, 2.24) is 10.2 Å². The summed E-state index contributed by atoms with van der Waals surface area (Å²) < 4.78 is 26.9. The van der Waals surface area contributed by atoms with Gasteiger partial charge in [0.25, 0.3) is 0 Å². The van der Waals surface area contributed by atoms with Crippen molar-refractivity contribution >= 4 is 61.5 Å². The number of unbranched alkanes of at least 4 members (excludes halogenated alkanes) is 1. The second-order valence-electron chi connectivity index (χ2n) is 8.81. The van der Waals surface area contributed by atoms with Gasteiger partial charge in [0.15, 0.2) is 0 Å². The Morgan fingerprint density at radius 3 is 2.24 bits per heavy atom. The van der Waals surface area contributed by atoms with Gasteiger partial charge in [-0.2, -0.15) is 0 Å². The molecule has 10 heteroatoms. The van der Waals surface area contributed by atoms with Crippen molar-refractivity contribution in [2.45, 2.75) is 39.3 Å². The molecule has 198 valence electrons. The summed E-state index contributed by atoms with van der Waals surface area (Å²) in [6.45, 7) is 3.53. The molecular weight excluding hydrogens is 533 g/mol. The number of benzene rings is 3. The number of fused-ring (bicyclic) bond motifs is 1. The zero-order chi connectivity index (χ0) is 27.2. The van der Waals surface area contributed by atoms with Crippen LogP contribution in [0.3, 0.4) is 0 Å². The molecule has 1 atom stereocenters. The first-order chi connectivity index (χ1) is 17.5. The smallest absolute Gasteiger partial charge is 0.244 e. The maximum Gasteiger partial charge on any atom is 0.244 e. The molecule has 0 aliphatic heterocycles. The average Bonchev–Trinajstić information content (AvgIpc) is 2.86. The van der Waals surface area contributed by atoms with Crippen LogP contribution in [-0.4, -0.2) is 50.5 Å². The van der Waals surface area contributed by atoms with E-state index in [0.29, 0.717) is 33.2 Å². The maximum absolute atomic E-state index is 13.8. The van der Waals surface area contributed by atoms with Crippen LogP contribution in [0, 0.1) is 0 Å². The number of nitrogens with one attached hydrogen (secondary N) is 1. The Hall–Kier alpha value is -2.81. The molecule has 0 aromatic heterocycles. The van der Waals surface area contributed by atoms with E-state index in [0.717, 1.165) is 28.8 Å². The highest BCUT2D eigenvalue weighted by atomic mass is 35.5. The molecule has 2 amide bonds. The Balaban J connectivity index is 2.00. The molecule has 3 rings (SSSR count). The number of hydrogen-bond acceptors (Lipinski definition) is 4. The van der Waals surface area contributed by atoms with Crippen LogP contribution >= 0.6 is 23.2 Å². The molecule has 3 aromatic carbocycles. The molecule has 37 heavy (non-hydrogen) atoms. The Bertz CT molecular complexity index is 1360. The lowest BCUT2D eigenvalue weighted by Gasteiger charge is -2.32. The van der Waals surface area contributed by atoms with Crippen molar-refractivity contribution in [2.24, 2.45) is 0 Å². The van der Waals surface area contributed by atoms with Gasteiger partial charge in [0.05, 0.1) is 11.9 Å². The molecule has 0 heterocycles. The fourth-order valence-electron chi connectivity index (χ4n) is 3.99. The molecule has 0 fully saturated rings. The molecular formula is C27H31Cl2N3O4S. The SMILES string of the molecule is CCCCNC(=O)[C@H](C)N(Cc1c(Cl)cccc1Cl)C(=O)CN(c1cccc2ccccc12)S(C)(=O)=O. The molecule has 0 radical (unpaired) electrons. The highest BCUT2D eigenvalue weighted by molar-refractivity contribution is 7.92. The zero-order valence-electron chi connectivity index (χ0n) is 21.1. The first-order valence-electron chi connectivity index (χ1n) is 12.0. The maximum atomic E-state index is 13.8. The Labute approximate surface area is 228 Å². The van der Waals surface area contributed by atoms with E-state index in [4.69, 9.17) is 23.2 Å². The molecule has 0 saturated carbocycles. The highest BCUT2D eigenvalue weighted by Crippen LogP contribution is 2.30. The third-order valence-corrected chi connectivity index (χ3v) is 7.94. The van der Waals surface area contributed by atoms with E-state index in [-0.39, 0.29) is 12.5 Å². The number of rotatable bonds is 11. The minimum Gasteiger partial charge on any atom is -0.354 e. The minimum atomic E-state index is -3.86. The van der Waals surface area contributed by atoms with Gasteiger partial charge in [-0.3, -0.25) is 13.9 Å². The van der Waals surface area contributed by atoms with Gasteiger partial charge < -0.3 is 10.2 Å². The third kappa shape index (κ3) is 7.15. The lowest BCUT2D eigenvalue weighted by Crippen LogP contribution is -2.51. The number of sulfonamides is 1. The summed E-state index contributed by atoms with van der Waals surface area (Å²) in [5.74, 6) is -0.909. The van der Waals surface area contributed by atoms with Crippen LogP contribution in [0.4, 0.5) is 5.69 Å². The molecule has 3 aromatic rings. The zero-order valence-corrected chi connectivity index (χ0v) is 23.4. The van der Waals surface area contributed by atoms with Gasteiger partial charge in [-0.25, -0.2) is 8.42 Å². The van der Waals surface area contributed by atoms with E-state index in [1.165, 1.54) is 4.90 Å². The molecule has 0 aliphatic carbocycles. The molecule has 0 spiro atoms. The van der Waals surface area contributed by atoms with Crippen molar-refractivity contribution < 1.29 is 18.0 Å². The second kappa shape index (κ2) is 12.6. The van der Waals surface area contributed by atoms with Crippen molar-refractivity contribution in [1.29, 1.82) is 0 Å². The predicted octanol–water partition coefficient (Wildman–Crippen LogP) is 5.25. The normalized spacial score (nSPS) is 12.2. The van der Waals surface area contributed by atoms with Gasteiger partial charge in [-0.1, -0.05) is 79.0 Å². The van der Waals surface area contributed by atoms with Gasteiger partial charge >= 0.3 is 0 Å². The third-order valence-electron chi connectivity index (χ3n) is 6.10. The highest BCUT2D eigenvalue weighted by Gasteiger charge is 2.31. The summed E-state index contributed by atoms with van der Waals surface area (Å²) in [5, 5.41) is 5.06. The van der Waals surface area contributed by atoms with Crippen molar-refractivity contribution in [3.63, 3.8) is 0 Å². The molecule has 0 bridgehead atoms. The summed E-state index contributed by atoms with van der Waals surface area (Å²) in [6, 6.07) is 16.7. The second-order valence-corrected chi connectivity index (χ2v) is 11.5. The van der Waals surface area contributed by atoms with Gasteiger partial charge in [0, 0.05) is 34.1 Å². The summed E-state index contributed by atoms with van der Waals surface area (Å²) in [7, 11) is -3.86. The summed E-state index contributed by atoms with van der Waals surface area (Å²) in [5.41, 5.74) is 0.855. The predicted molar refractivity (Wildman–Crippen MR) is 151 cm³/mol. The van der Waals surface area contributed by atoms with Crippen molar-refractivity contribution in [2.75, 3.05) is 23.7 Å². The Kier molecular flexibility index (Phi) is 9.81. The number of carbonyl (C=O) groups is 2. The van der Waals surface area contributed by atoms with E-state index < -0.39 is 28.5 Å². The van der Waals surface area contributed by atoms with Gasteiger partial charge in [-0.05, 0) is 36.9 Å². The molecule has 7 nitrogen and oxygen atoms in total. The molecule has 0 unspecified atom stereocenters. The monoisotopic (exact) mass is 563 g/mol. The molecule has 1 N–H and O–H groups in total. The Morgan fingerprint density at radius 1 is 0.973 bits per heavy atom. The van der Waals surface area contributed by atoms with Gasteiger partial charge in [0.2, 0.25) is 21.8 Å². The number of amides is 2. The average molecular weight is 565 g/mol. The number of hydrogen-bond donors (Lipinski definition) is 1. The van der Waals surface area contributed by atoms with E-state index in [1.54, 1.807) is 43.3 Å². The van der Waals surface area contributed by atoms with Crippen LogP contribution < -0.4 is 9.62 Å². The topological polar surface area (TPSA) is 86.8 Å². The van der Waals surface area contributed by atoms with E-state index in [1.807, 2.05) is 31.2 Å².